The number of ketones is 1. The summed E-state index contributed by atoms with van der Waals surface area (Å²) in [4.78, 5) is 12.0. The predicted octanol–water partition coefficient (Wildman–Crippen LogP) is 3.97. The van der Waals surface area contributed by atoms with Crippen molar-refractivity contribution in [2.75, 3.05) is 0 Å². The number of Topliss-reactive ketones (excluding diaryl/α,β-unsaturated/α-hetero) is 1. The second kappa shape index (κ2) is 7.96. The van der Waals surface area contributed by atoms with Crippen LogP contribution in [0.3, 0.4) is 0 Å². The van der Waals surface area contributed by atoms with Crippen LogP contribution < -0.4 is 0 Å². The number of halogens is 1. The zero-order valence-corrected chi connectivity index (χ0v) is 12.6. The predicted molar refractivity (Wildman–Crippen MR) is 85.5 cm³/mol. The molecule has 2 nitrogen and oxygen atoms in total. The van der Waals surface area contributed by atoms with Crippen LogP contribution in [0.2, 0.25) is 5.02 Å². The molecule has 21 heavy (non-hydrogen) atoms. The maximum absolute atomic E-state index is 12.0. The van der Waals surface area contributed by atoms with Crippen LogP contribution in [0, 0.1) is 0 Å². The van der Waals surface area contributed by atoms with Gasteiger partial charge in [-0.15, -0.1) is 0 Å². The van der Waals surface area contributed by atoms with Gasteiger partial charge < -0.3 is 5.11 Å². The van der Waals surface area contributed by atoms with Gasteiger partial charge in [0.15, 0.2) is 0 Å². The van der Waals surface area contributed by atoms with E-state index in [4.69, 9.17) is 11.6 Å². The molecule has 0 saturated heterocycles. The summed E-state index contributed by atoms with van der Waals surface area (Å²) in [6, 6.07) is 15.3. The monoisotopic (exact) mass is 302 g/mol. The van der Waals surface area contributed by atoms with Crippen molar-refractivity contribution in [3.8, 4) is 0 Å². The van der Waals surface area contributed by atoms with Gasteiger partial charge in [-0.3, -0.25) is 4.79 Å². The van der Waals surface area contributed by atoms with Gasteiger partial charge in [0, 0.05) is 17.9 Å². The molecule has 0 saturated carbocycles. The Bertz CT molecular complexity index is 590. The molecule has 0 aromatic heterocycles. The summed E-state index contributed by atoms with van der Waals surface area (Å²) in [7, 11) is 0. The molecule has 0 amide bonds. The first kappa shape index (κ1) is 15.7. The highest BCUT2D eigenvalue weighted by Gasteiger charge is 2.07. The summed E-state index contributed by atoms with van der Waals surface area (Å²) < 4.78 is 0. The van der Waals surface area contributed by atoms with Crippen LogP contribution in [-0.4, -0.2) is 10.9 Å². The second-order valence-corrected chi connectivity index (χ2v) is 5.56. The zero-order chi connectivity index (χ0) is 15.1. The topological polar surface area (TPSA) is 37.3 Å². The van der Waals surface area contributed by atoms with E-state index in [9.17, 15) is 9.90 Å². The molecule has 0 heterocycles. The highest BCUT2D eigenvalue weighted by Crippen LogP contribution is 2.14. The van der Waals surface area contributed by atoms with E-state index in [0.29, 0.717) is 12.8 Å². The van der Waals surface area contributed by atoms with Crippen LogP contribution in [0.15, 0.2) is 48.5 Å². The van der Waals surface area contributed by atoms with Crippen LogP contribution in [0.25, 0.3) is 0 Å². The van der Waals surface area contributed by atoms with Gasteiger partial charge in [-0.05, 0) is 41.7 Å². The van der Waals surface area contributed by atoms with Gasteiger partial charge in [-0.2, -0.15) is 0 Å². The SMILES string of the molecule is O=C(CCCc1ccc(Cl)cc1)Cc1ccccc1CO. The van der Waals surface area contributed by atoms with E-state index in [2.05, 4.69) is 0 Å². The summed E-state index contributed by atoms with van der Waals surface area (Å²) in [6.07, 6.45) is 2.67. The van der Waals surface area contributed by atoms with E-state index >= 15 is 0 Å². The second-order valence-electron chi connectivity index (χ2n) is 5.12. The Morgan fingerprint density at radius 3 is 2.33 bits per heavy atom. The Labute approximate surface area is 130 Å². The van der Waals surface area contributed by atoms with E-state index in [1.54, 1.807) is 0 Å². The molecule has 3 heteroatoms. The minimum absolute atomic E-state index is 0.0196. The standard InChI is InChI=1S/C18H19ClO2/c19-17-10-8-14(9-11-17)4-3-7-18(21)12-15-5-1-2-6-16(15)13-20/h1-2,5-6,8-11,20H,3-4,7,12-13H2. The Morgan fingerprint density at radius 2 is 1.67 bits per heavy atom. The van der Waals surface area contributed by atoms with Gasteiger partial charge in [-0.25, -0.2) is 0 Å². The summed E-state index contributed by atoms with van der Waals surface area (Å²) >= 11 is 5.84. The molecule has 0 fully saturated rings. The van der Waals surface area contributed by atoms with Crippen molar-refractivity contribution < 1.29 is 9.90 Å². The van der Waals surface area contributed by atoms with Crippen molar-refractivity contribution in [3.05, 3.63) is 70.2 Å². The molecule has 0 aliphatic heterocycles. The van der Waals surface area contributed by atoms with E-state index < -0.39 is 0 Å². The fourth-order valence-corrected chi connectivity index (χ4v) is 2.45. The molecule has 0 aliphatic carbocycles. The Hall–Kier alpha value is -1.64. The number of carbonyl (C=O) groups excluding carboxylic acids is 1. The van der Waals surface area contributed by atoms with Crippen LogP contribution in [-0.2, 0) is 24.2 Å². The van der Waals surface area contributed by atoms with E-state index in [1.165, 1.54) is 5.56 Å². The largest absolute Gasteiger partial charge is 0.392 e. The fourth-order valence-electron chi connectivity index (χ4n) is 2.33. The molecule has 2 rings (SSSR count). The lowest BCUT2D eigenvalue weighted by Gasteiger charge is -2.06. The third kappa shape index (κ3) is 5.00. The van der Waals surface area contributed by atoms with Crippen molar-refractivity contribution in [3.63, 3.8) is 0 Å². The third-order valence-corrected chi connectivity index (χ3v) is 3.76. The Morgan fingerprint density at radius 1 is 1.00 bits per heavy atom. The number of benzene rings is 2. The maximum Gasteiger partial charge on any atom is 0.137 e. The minimum atomic E-state index is -0.0196. The molecule has 0 radical (unpaired) electrons. The molecule has 2 aromatic carbocycles. The number of carbonyl (C=O) groups is 1. The lowest BCUT2D eigenvalue weighted by atomic mass is 9.99. The number of hydrogen-bond acceptors (Lipinski definition) is 2. The molecule has 0 aliphatic rings. The number of aliphatic hydroxyl groups is 1. The third-order valence-electron chi connectivity index (χ3n) is 3.51. The summed E-state index contributed by atoms with van der Waals surface area (Å²) in [6.45, 7) is -0.0196. The van der Waals surface area contributed by atoms with Crippen LogP contribution in [0.1, 0.15) is 29.5 Å². The van der Waals surface area contributed by atoms with Crippen molar-refractivity contribution in [2.45, 2.75) is 32.3 Å². The highest BCUT2D eigenvalue weighted by atomic mass is 35.5. The van der Waals surface area contributed by atoms with Crippen molar-refractivity contribution in [1.82, 2.24) is 0 Å². The van der Waals surface area contributed by atoms with Crippen LogP contribution >= 0.6 is 11.6 Å². The fraction of sp³-hybridized carbons (Fsp3) is 0.278. The van der Waals surface area contributed by atoms with Gasteiger partial charge in [0.2, 0.25) is 0 Å². The molecule has 0 atom stereocenters. The van der Waals surface area contributed by atoms with Crippen LogP contribution in [0.4, 0.5) is 0 Å². The first-order valence-electron chi connectivity index (χ1n) is 7.13. The van der Waals surface area contributed by atoms with Gasteiger partial charge in [0.1, 0.15) is 5.78 Å². The van der Waals surface area contributed by atoms with E-state index in [0.717, 1.165) is 29.0 Å². The van der Waals surface area contributed by atoms with Crippen molar-refractivity contribution in [1.29, 1.82) is 0 Å². The number of aliphatic hydroxyl groups excluding tert-OH is 1. The van der Waals surface area contributed by atoms with E-state index in [-0.39, 0.29) is 12.4 Å². The van der Waals surface area contributed by atoms with Gasteiger partial charge in [0.05, 0.1) is 6.61 Å². The lowest BCUT2D eigenvalue weighted by Crippen LogP contribution is -2.05. The average molecular weight is 303 g/mol. The molecule has 1 N–H and O–H groups in total. The molecule has 0 spiro atoms. The van der Waals surface area contributed by atoms with Crippen LogP contribution in [0.5, 0.6) is 0 Å². The quantitative estimate of drug-likeness (QED) is 0.840. The lowest BCUT2D eigenvalue weighted by molar-refractivity contribution is -0.118. The Kier molecular flexibility index (Phi) is 5.97. The molecule has 0 unspecified atom stereocenters. The first-order chi connectivity index (χ1) is 10.2. The summed E-state index contributed by atoms with van der Waals surface area (Å²) in [5, 5.41) is 9.99. The zero-order valence-electron chi connectivity index (χ0n) is 11.9. The van der Waals surface area contributed by atoms with E-state index in [1.807, 2.05) is 48.5 Å². The molecular formula is C18H19ClO2. The highest BCUT2D eigenvalue weighted by molar-refractivity contribution is 6.30. The van der Waals surface area contributed by atoms with Gasteiger partial charge in [0.25, 0.3) is 0 Å². The summed E-state index contributed by atoms with van der Waals surface area (Å²) in [5.74, 6) is 0.213. The molecular weight excluding hydrogens is 284 g/mol. The smallest absolute Gasteiger partial charge is 0.137 e. The number of aryl methyl sites for hydroxylation is 1. The first-order valence-corrected chi connectivity index (χ1v) is 7.50. The summed E-state index contributed by atoms with van der Waals surface area (Å²) in [5.41, 5.74) is 2.96. The molecule has 2 aromatic rings. The van der Waals surface area contributed by atoms with Gasteiger partial charge >= 0.3 is 0 Å². The number of rotatable bonds is 7. The minimum Gasteiger partial charge on any atom is -0.392 e. The normalized spacial score (nSPS) is 10.6. The maximum atomic E-state index is 12.0. The molecule has 0 bridgehead atoms. The van der Waals surface area contributed by atoms with Crippen molar-refractivity contribution in [2.24, 2.45) is 0 Å². The van der Waals surface area contributed by atoms with Crippen molar-refractivity contribution >= 4 is 17.4 Å². The average Bonchev–Trinajstić information content (AvgIpc) is 2.50. The van der Waals surface area contributed by atoms with Gasteiger partial charge in [-0.1, -0.05) is 48.0 Å². The Balaban J connectivity index is 1.81. The molecule has 110 valence electrons. The number of hydrogen-bond donors (Lipinski definition) is 1.